The number of carbonyl (C=O) groups excluding carboxylic acids is 1. The number of nitrogens with one attached hydrogen (secondary N) is 1. The van der Waals surface area contributed by atoms with Crippen molar-refractivity contribution in [2.75, 3.05) is 6.54 Å². The summed E-state index contributed by atoms with van der Waals surface area (Å²) in [6.07, 6.45) is 2.17. The number of amides is 1. The quantitative estimate of drug-likeness (QED) is 0.829. The van der Waals surface area contributed by atoms with Crippen LogP contribution in [-0.2, 0) is 23.1 Å². The molecule has 1 aromatic heterocycles. The monoisotopic (exact) mass is 314 g/mol. The molecule has 1 amide bonds. The average molecular weight is 314 g/mol. The van der Waals surface area contributed by atoms with Gasteiger partial charge >= 0.3 is 0 Å². The molecule has 124 valence electrons. The largest absolute Gasteiger partial charge is 0.361 e. The summed E-state index contributed by atoms with van der Waals surface area (Å²) >= 11 is 0. The number of benzene rings is 1. The van der Waals surface area contributed by atoms with Crippen LogP contribution in [0.3, 0.4) is 0 Å². The van der Waals surface area contributed by atoms with Gasteiger partial charge in [-0.3, -0.25) is 4.79 Å². The van der Waals surface area contributed by atoms with Gasteiger partial charge < -0.3 is 9.84 Å². The highest BCUT2D eigenvalue weighted by Crippen LogP contribution is 2.22. The molecule has 0 aliphatic carbocycles. The zero-order valence-electron chi connectivity index (χ0n) is 14.5. The van der Waals surface area contributed by atoms with E-state index >= 15 is 0 Å². The second-order valence-corrected chi connectivity index (χ2v) is 7.01. The van der Waals surface area contributed by atoms with Crippen molar-refractivity contribution in [2.45, 2.75) is 52.4 Å². The molecule has 2 rings (SSSR count). The number of hydrogen-bond acceptors (Lipinski definition) is 3. The van der Waals surface area contributed by atoms with Gasteiger partial charge in [0.05, 0.1) is 12.1 Å². The molecule has 23 heavy (non-hydrogen) atoms. The van der Waals surface area contributed by atoms with Gasteiger partial charge in [-0.25, -0.2) is 0 Å². The third-order valence-electron chi connectivity index (χ3n) is 3.80. The van der Waals surface area contributed by atoms with Crippen LogP contribution in [0.4, 0.5) is 0 Å². The number of rotatable bonds is 6. The molecule has 1 aromatic carbocycles. The van der Waals surface area contributed by atoms with Crippen LogP contribution in [0, 0.1) is 6.92 Å². The van der Waals surface area contributed by atoms with E-state index in [0.717, 1.165) is 18.6 Å². The van der Waals surface area contributed by atoms with E-state index in [4.69, 9.17) is 4.52 Å². The molecular weight excluding hydrogens is 288 g/mol. The first kappa shape index (κ1) is 17.3. The lowest BCUT2D eigenvalue weighted by molar-refractivity contribution is -0.120. The number of nitrogens with zero attached hydrogens (tertiary/aromatic N) is 1. The van der Waals surface area contributed by atoms with E-state index in [1.807, 2.05) is 6.92 Å². The van der Waals surface area contributed by atoms with Gasteiger partial charge in [-0.05, 0) is 36.3 Å². The highest BCUT2D eigenvalue weighted by molar-refractivity contribution is 5.78. The average Bonchev–Trinajstić information content (AvgIpc) is 2.88. The molecule has 0 bridgehead atoms. The first-order valence-corrected chi connectivity index (χ1v) is 8.13. The van der Waals surface area contributed by atoms with Crippen molar-refractivity contribution < 1.29 is 9.32 Å². The van der Waals surface area contributed by atoms with Crippen molar-refractivity contribution in [2.24, 2.45) is 0 Å². The Morgan fingerprint density at radius 1 is 1.22 bits per heavy atom. The topological polar surface area (TPSA) is 55.1 Å². The molecule has 4 heteroatoms. The smallest absolute Gasteiger partial charge is 0.226 e. The Balaban J connectivity index is 1.70. The molecule has 0 fully saturated rings. The molecule has 0 radical (unpaired) electrons. The van der Waals surface area contributed by atoms with Crippen LogP contribution in [0.15, 0.2) is 34.9 Å². The first-order chi connectivity index (χ1) is 10.8. The lowest BCUT2D eigenvalue weighted by atomic mass is 9.86. The summed E-state index contributed by atoms with van der Waals surface area (Å²) in [6, 6.07) is 10.5. The van der Waals surface area contributed by atoms with Crippen LogP contribution in [0.25, 0.3) is 0 Å². The van der Waals surface area contributed by atoms with Crippen molar-refractivity contribution >= 4 is 5.91 Å². The number of carbonyl (C=O) groups is 1. The van der Waals surface area contributed by atoms with Gasteiger partial charge in [0.2, 0.25) is 5.91 Å². The van der Waals surface area contributed by atoms with Gasteiger partial charge in [-0.1, -0.05) is 50.2 Å². The summed E-state index contributed by atoms with van der Waals surface area (Å²) in [7, 11) is 0. The summed E-state index contributed by atoms with van der Waals surface area (Å²) in [6.45, 7) is 9.14. The fraction of sp³-hybridized carbons (Fsp3) is 0.474. The van der Waals surface area contributed by atoms with Gasteiger partial charge in [0.25, 0.3) is 0 Å². The Labute approximate surface area is 138 Å². The highest BCUT2D eigenvalue weighted by Gasteiger charge is 2.12. The SMILES string of the molecule is Cc1cc(CC(=O)NCCCc2ccc(C(C)(C)C)cc2)no1. The van der Waals surface area contributed by atoms with Crippen LogP contribution in [0.2, 0.25) is 0 Å². The molecule has 0 saturated heterocycles. The molecule has 0 aliphatic rings. The van der Waals surface area contributed by atoms with Gasteiger partial charge in [-0.15, -0.1) is 0 Å². The highest BCUT2D eigenvalue weighted by atomic mass is 16.5. The molecule has 0 atom stereocenters. The number of aromatic nitrogens is 1. The van der Waals surface area contributed by atoms with Crippen molar-refractivity contribution in [3.63, 3.8) is 0 Å². The predicted octanol–water partition coefficient (Wildman–Crippen LogP) is 3.57. The summed E-state index contributed by atoms with van der Waals surface area (Å²) in [5.74, 6) is 0.716. The lowest BCUT2D eigenvalue weighted by Crippen LogP contribution is -2.26. The van der Waals surface area contributed by atoms with E-state index in [1.54, 1.807) is 6.07 Å². The molecule has 0 saturated carbocycles. The minimum absolute atomic E-state index is 0.0126. The Morgan fingerprint density at radius 2 is 1.91 bits per heavy atom. The molecule has 4 nitrogen and oxygen atoms in total. The zero-order chi connectivity index (χ0) is 16.9. The molecule has 0 aliphatic heterocycles. The summed E-state index contributed by atoms with van der Waals surface area (Å²) in [5.41, 5.74) is 3.51. The summed E-state index contributed by atoms with van der Waals surface area (Å²) in [4.78, 5) is 11.8. The predicted molar refractivity (Wildman–Crippen MR) is 91.4 cm³/mol. The third kappa shape index (κ3) is 5.55. The van der Waals surface area contributed by atoms with Crippen LogP contribution in [0.5, 0.6) is 0 Å². The molecule has 0 spiro atoms. The standard InChI is InChI=1S/C19H26N2O2/c1-14-12-17(21-23-14)13-18(22)20-11-5-6-15-7-9-16(10-8-15)19(2,3)4/h7-10,12H,5-6,11,13H2,1-4H3,(H,20,22). The van der Waals surface area contributed by atoms with Crippen LogP contribution >= 0.6 is 0 Å². The number of hydrogen-bond donors (Lipinski definition) is 1. The maximum atomic E-state index is 11.8. The van der Waals surface area contributed by atoms with Gasteiger partial charge in [0.15, 0.2) is 0 Å². The normalized spacial score (nSPS) is 11.5. The fourth-order valence-corrected chi connectivity index (χ4v) is 2.42. The molecule has 2 aromatic rings. The Morgan fingerprint density at radius 3 is 2.48 bits per heavy atom. The number of aryl methyl sites for hydroxylation is 2. The lowest BCUT2D eigenvalue weighted by Gasteiger charge is -2.19. The molecule has 0 unspecified atom stereocenters. The van der Waals surface area contributed by atoms with Gasteiger partial charge in [0.1, 0.15) is 5.76 Å². The van der Waals surface area contributed by atoms with Gasteiger partial charge in [0, 0.05) is 12.6 Å². The second kappa shape index (κ2) is 7.44. The zero-order valence-corrected chi connectivity index (χ0v) is 14.5. The minimum Gasteiger partial charge on any atom is -0.361 e. The Kier molecular flexibility index (Phi) is 5.59. The van der Waals surface area contributed by atoms with E-state index in [2.05, 4.69) is 55.5 Å². The maximum Gasteiger partial charge on any atom is 0.226 e. The van der Waals surface area contributed by atoms with E-state index in [9.17, 15) is 4.79 Å². The third-order valence-corrected chi connectivity index (χ3v) is 3.80. The van der Waals surface area contributed by atoms with E-state index < -0.39 is 0 Å². The fourth-order valence-electron chi connectivity index (χ4n) is 2.42. The summed E-state index contributed by atoms with van der Waals surface area (Å²) < 4.78 is 4.95. The van der Waals surface area contributed by atoms with Crippen molar-refractivity contribution in [1.82, 2.24) is 10.5 Å². The maximum absolute atomic E-state index is 11.8. The second-order valence-electron chi connectivity index (χ2n) is 7.01. The van der Waals surface area contributed by atoms with Crippen LogP contribution in [-0.4, -0.2) is 17.6 Å². The van der Waals surface area contributed by atoms with E-state index in [0.29, 0.717) is 12.2 Å². The summed E-state index contributed by atoms with van der Waals surface area (Å²) in [5, 5.41) is 6.75. The minimum atomic E-state index is -0.0126. The van der Waals surface area contributed by atoms with Crippen LogP contribution in [0.1, 0.15) is 49.8 Å². The van der Waals surface area contributed by atoms with E-state index in [1.165, 1.54) is 11.1 Å². The molecule has 1 N–H and O–H groups in total. The van der Waals surface area contributed by atoms with Gasteiger partial charge in [-0.2, -0.15) is 0 Å². The van der Waals surface area contributed by atoms with Crippen molar-refractivity contribution in [3.8, 4) is 0 Å². The molecule has 1 heterocycles. The Hall–Kier alpha value is -2.10. The Bertz CT molecular complexity index is 636. The molecular formula is C19H26N2O2. The first-order valence-electron chi connectivity index (χ1n) is 8.13. The van der Waals surface area contributed by atoms with Crippen molar-refractivity contribution in [1.29, 1.82) is 0 Å². The van der Waals surface area contributed by atoms with Crippen LogP contribution < -0.4 is 5.32 Å². The van der Waals surface area contributed by atoms with E-state index in [-0.39, 0.29) is 17.7 Å². The van der Waals surface area contributed by atoms with Crippen molar-refractivity contribution in [3.05, 3.63) is 52.9 Å².